The van der Waals surface area contributed by atoms with Gasteiger partial charge in [0.05, 0.1) is 11.1 Å². The lowest BCUT2D eigenvalue weighted by molar-refractivity contribution is 0.277. The molecule has 0 atom stereocenters. The summed E-state index contributed by atoms with van der Waals surface area (Å²) >= 11 is 0. The Morgan fingerprint density at radius 1 is 0.714 bits per heavy atom. The van der Waals surface area contributed by atoms with Gasteiger partial charge in [-0.2, -0.15) is 0 Å². The van der Waals surface area contributed by atoms with E-state index < -0.39 is 0 Å². The average molecular weight is 469 g/mol. The summed E-state index contributed by atoms with van der Waals surface area (Å²) in [6, 6.07) is 22.9. The maximum Gasteiger partial charge on any atom is 0.217 e. The summed E-state index contributed by atoms with van der Waals surface area (Å²) in [7, 11) is 0. The van der Waals surface area contributed by atoms with Crippen molar-refractivity contribution >= 4 is 11.8 Å². The normalized spacial score (nSPS) is 17.9. The van der Waals surface area contributed by atoms with Crippen molar-refractivity contribution in [3.05, 3.63) is 89.0 Å². The number of ether oxygens (including phenoxy) is 3. The molecular formula is C30H32N2O3. The van der Waals surface area contributed by atoms with Crippen LogP contribution in [0, 0.1) is 6.92 Å². The lowest BCUT2D eigenvalue weighted by Crippen LogP contribution is -2.17. The van der Waals surface area contributed by atoms with E-state index in [9.17, 15) is 0 Å². The van der Waals surface area contributed by atoms with E-state index in [0.29, 0.717) is 31.6 Å². The summed E-state index contributed by atoms with van der Waals surface area (Å²) in [4.78, 5) is 9.62. The molecule has 0 bridgehead atoms. The van der Waals surface area contributed by atoms with Gasteiger partial charge in [-0.05, 0) is 75.6 Å². The Balaban J connectivity index is 1.42. The molecule has 0 radical (unpaired) electrons. The van der Waals surface area contributed by atoms with Gasteiger partial charge in [0.1, 0.15) is 25.6 Å². The maximum atomic E-state index is 6.02. The lowest BCUT2D eigenvalue weighted by atomic mass is 9.98. The number of hydrogen-bond acceptors (Lipinski definition) is 5. The summed E-state index contributed by atoms with van der Waals surface area (Å²) in [5.41, 5.74) is 5.89. The first kappa shape index (κ1) is 23.2. The fraction of sp³-hybridized carbons (Fsp3) is 0.333. The van der Waals surface area contributed by atoms with Crippen LogP contribution in [-0.4, -0.2) is 36.1 Å². The monoisotopic (exact) mass is 468 g/mol. The van der Waals surface area contributed by atoms with Crippen molar-refractivity contribution in [1.82, 2.24) is 0 Å². The standard InChI is InChI=1S/C30H32N2O3/c1-20-6-8-21(9-7-20)17-33-24-13-10-22(11-14-24)23-12-15-25(27-31-29(2,3)18-34-27)26(16-23)28-32-30(4,5)19-35-28/h6-16H,17-19H2,1-5H3. The van der Waals surface area contributed by atoms with Crippen LogP contribution < -0.4 is 4.74 Å². The minimum atomic E-state index is -0.253. The molecule has 3 aromatic rings. The van der Waals surface area contributed by atoms with Gasteiger partial charge >= 0.3 is 0 Å². The van der Waals surface area contributed by atoms with Crippen LogP contribution in [0.5, 0.6) is 5.75 Å². The van der Waals surface area contributed by atoms with Gasteiger partial charge in [-0.1, -0.05) is 48.0 Å². The zero-order valence-corrected chi connectivity index (χ0v) is 21.1. The highest BCUT2D eigenvalue weighted by atomic mass is 16.5. The molecule has 0 unspecified atom stereocenters. The summed E-state index contributed by atoms with van der Waals surface area (Å²) in [5.74, 6) is 2.13. The smallest absolute Gasteiger partial charge is 0.217 e. The largest absolute Gasteiger partial charge is 0.489 e. The second-order valence-electron chi connectivity index (χ2n) is 10.6. The van der Waals surface area contributed by atoms with Crippen LogP contribution in [0.1, 0.15) is 49.9 Å². The van der Waals surface area contributed by atoms with Crippen molar-refractivity contribution in [1.29, 1.82) is 0 Å². The Bertz CT molecular complexity index is 1290. The molecule has 35 heavy (non-hydrogen) atoms. The second-order valence-corrected chi connectivity index (χ2v) is 10.6. The summed E-state index contributed by atoms with van der Waals surface area (Å²) in [6.45, 7) is 12.0. The summed E-state index contributed by atoms with van der Waals surface area (Å²) in [5, 5.41) is 0. The Labute approximate surface area is 207 Å². The van der Waals surface area contributed by atoms with E-state index in [-0.39, 0.29) is 11.1 Å². The van der Waals surface area contributed by atoms with Crippen LogP contribution in [0.15, 0.2) is 76.7 Å². The van der Waals surface area contributed by atoms with Gasteiger partial charge in [0.15, 0.2) is 0 Å². The van der Waals surface area contributed by atoms with Crippen molar-refractivity contribution < 1.29 is 14.2 Å². The molecule has 3 aromatic carbocycles. The van der Waals surface area contributed by atoms with Gasteiger partial charge in [-0.3, -0.25) is 0 Å². The molecule has 5 rings (SSSR count). The van der Waals surface area contributed by atoms with Crippen LogP contribution in [-0.2, 0) is 16.1 Å². The first-order valence-electron chi connectivity index (χ1n) is 12.1. The van der Waals surface area contributed by atoms with E-state index in [0.717, 1.165) is 33.6 Å². The SMILES string of the molecule is Cc1ccc(COc2ccc(-c3ccc(C4=NC(C)(C)CO4)c(C4=NC(C)(C)CO4)c3)cc2)cc1. The highest BCUT2D eigenvalue weighted by Gasteiger charge is 2.32. The van der Waals surface area contributed by atoms with Crippen LogP contribution in [0.3, 0.4) is 0 Å². The van der Waals surface area contributed by atoms with Gasteiger partial charge in [0.2, 0.25) is 11.8 Å². The predicted molar refractivity (Wildman–Crippen MR) is 141 cm³/mol. The van der Waals surface area contributed by atoms with Gasteiger partial charge in [-0.25, -0.2) is 9.98 Å². The topological polar surface area (TPSA) is 52.4 Å². The molecule has 5 nitrogen and oxygen atoms in total. The van der Waals surface area contributed by atoms with Crippen molar-refractivity contribution in [2.24, 2.45) is 9.98 Å². The summed E-state index contributed by atoms with van der Waals surface area (Å²) < 4.78 is 18.0. The fourth-order valence-electron chi connectivity index (χ4n) is 4.13. The molecule has 2 aliphatic heterocycles. The van der Waals surface area contributed by atoms with Crippen molar-refractivity contribution in [3.63, 3.8) is 0 Å². The molecule has 0 saturated heterocycles. The number of benzene rings is 3. The van der Waals surface area contributed by atoms with E-state index in [1.165, 1.54) is 5.56 Å². The van der Waals surface area contributed by atoms with Crippen LogP contribution in [0.2, 0.25) is 0 Å². The van der Waals surface area contributed by atoms with Crippen LogP contribution in [0.25, 0.3) is 11.1 Å². The number of aliphatic imine (C=N–C) groups is 2. The molecular weight excluding hydrogens is 436 g/mol. The second kappa shape index (κ2) is 8.88. The van der Waals surface area contributed by atoms with E-state index >= 15 is 0 Å². The third-order valence-corrected chi connectivity index (χ3v) is 6.13. The molecule has 2 aliphatic rings. The molecule has 180 valence electrons. The highest BCUT2D eigenvalue weighted by Crippen LogP contribution is 2.31. The third-order valence-electron chi connectivity index (χ3n) is 6.13. The number of hydrogen-bond donors (Lipinski definition) is 0. The van der Waals surface area contributed by atoms with Gasteiger partial charge in [0.25, 0.3) is 0 Å². The molecule has 0 spiro atoms. The Morgan fingerprint density at radius 2 is 1.29 bits per heavy atom. The van der Waals surface area contributed by atoms with Crippen LogP contribution in [0.4, 0.5) is 0 Å². The molecule has 0 aromatic heterocycles. The van der Waals surface area contributed by atoms with Crippen LogP contribution >= 0.6 is 0 Å². The Hall–Kier alpha value is -3.60. The Morgan fingerprint density at radius 3 is 1.86 bits per heavy atom. The molecule has 0 amide bonds. The van der Waals surface area contributed by atoms with Gasteiger partial charge in [-0.15, -0.1) is 0 Å². The van der Waals surface area contributed by atoms with Crippen molar-refractivity contribution in [2.45, 2.75) is 52.3 Å². The maximum absolute atomic E-state index is 6.02. The minimum Gasteiger partial charge on any atom is -0.489 e. The quantitative estimate of drug-likeness (QED) is 0.423. The molecule has 0 aliphatic carbocycles. The average Bonchev–Trinajstić information content (AvgIpc) is 3.39. The molecule has 5 heteroatoms. The summed E-state index contributed by atoms with van der Waals surface area (Å²) in [6.07, 6.45) is 0. The van der Waals surface area contributed by atoms with Crippen molar-refractivity contribution in [2.75, 3.05) is 13.2 Å². The van der Waals surface area contributed by atoms with Crippen molar-refractivity contribution in [3.8, 4) is 16.9 Å². The highest BCUT2D eigenvalue weighted by molar-refractivity contribution is 6.09. The van der Waals surface area contributed by atoms with E-state index in [1.54, 1.807) is 0 Å². The predicted octanol–water partition coefficient (Wildman–Crippen LogP) is 6.35. The van der Waals surface area contributed by atoms with E-state index in [2.05, 4.69) is 89.2 Å². The molecule has 2 heterocycles. The fourth-order valence-corrected chi connectivity index (χ4v) is 4.13. The first-order chi connectivity index (χ1) is 16.7. The number of nitrogens with zero attached hydrogens (tertiary/aromatic N) is 2. The third kappa shape index (κ3) is 5.24. The molecule has 0 N–H and O–H groups in total. The Kier molecular flexibility index (Phi) is 5.87. The zero-order valence-electron chi connectivity index (χ0n) is 21.1. The first-order valence-corrected chi connectivity index (χ1v) is 12.1. The van der Waals surface area contributed by atoms with E-state index in [4.69, 9.17) is 24.2 Å². The number of aryl methyl sites for hydroxylation is 1. The minimum absolute atomic E-state index is 0.239. The number of rotatable bonds is 6. The molecule has 0 saturated carbocycles. The lowest BCUT2D eigenvalue weighted by Gasteiger charge is -2.12. The van der Waals surface area contributed by atoms with E-state index in [1.807, 2.05) is 12.1 Å². The van der Waals surface area contributed by atoms with Gasteiger partial charge in [0, 0.05) is 11.1 Å². The van der Waals surface area contributed by atoms with Gasteiger partial charge < -0.3 is 14.2 Å². The molecule has 0 fully saturated rings. The zero-order chi connectivity index (χ0) is 24.6.